The highest BCUT2D eigenvalue weighted by atomic mass is 32.2. The molecule has 0 saturated heterocycles. The van der Waals surface area contributed by atoms with Crippen LogP contribution < -0.4 is 10.1 Å². The number of benzene rings is 2. The number of methoxy groups -OCH3 is 1. The Kier molecular flexibility index (Phi) is 12.4. The van der Waals surface area contributed by atoms with Crippen molar-refractivity contribution in [3.8, 4) is 5.75 Å². The maximum atomic E-state index is 13.7. The van der Waals surface area contributed by atoms with Crippen molar-refractivity contribution >= 4 is 22.4 Å². The summed E-state index contributed by atoms with van der Waals surface area (Å²) < 4.78 is 39.2. The van der Waals surface area contributed by atoms with Crippen molar-refractivity contribution < 1.29 is 32.6 Å². The van der Waals surface area contributed by atoms with Crippen LogP contribution in [0.1, 0.15) is 52.5 Å². The highest BCUT2D eigenvalue weighted by Crippen LogP contribution is 2.22. The van der Waals surface area contributed by atoms with Crippen LogP contribution in [0.2, 0.25) is 0 Å². The number of nitrogens with one attached hydrogen (secondary N) is 1. The zero-order chi connectivity index (χ0) is 29.1. The van der Waals surface area contributed by atoms with Crippen molar-refractivity contribution in [3.63, 3.8) is 0 Å². The Morgan fingerprint density at radius 3 is 2.28 bits per heavy atom. The lowest BCUT2D eigenvalue weighted by Crippen LogP contribution is -2.51. The molecule has 0 aromatic heterocycles. The Morgan fingerprint density at radius 1 is 1.08 bits per heavy atom. The molecule has 0 fully saturated rings. The van der Waals surface area contributed by atoms with Crippen molar-refractivity contribution in [1.29, 1.82) is 0 Å². The predicted octanol–water partition coefficient (Wildman–Crippen LogP) is 4.19. The minimum atomic E-state index is -4.00. The lowest BCUT2D eigenvalue weighted by molar-refractivity contribution is -0.108. The van der Waals surface area contributed by atoms with Gasteiger partial charge < -0.3 is 24.7 Å². The summed E-state index contributed by atoms with van der Waals surface area (Å²) in [6.07, 6.45) is 0.716. The number of aliphatic hydroxyl groups excluding tert-OH is 1. The van der Waals surface area contributed by atoms with Crippen LogP contribution in [0.25, 0.3) is 0 Å². The molecule has 3 unspecified atom stereocenters. The van der Waals surface area contributed by atoms with Gasteiger partial charge in [-0.05, 0) is 75.8 Å². The van der Waals surface area contributed by atoms with Crippen LogP contribution in [0.15, 0.2) is 59.5 Å². The van der Waals surface area contributed by atoms with E-state index in [2.05, 4.69) is 5.32 Å². The number of aliphatic hydroxyl groups is 1. The van der Waals surface area contributed by atoms with Crippen molar-refractivity contribution in [2.45, 2.75) is 76.0 Å². The highest BCUT2D eigenvalue weighted by molar-refractivity contribution is 7.89. The first kappa shape index (κ1) is 32.3. The number of rotatable bonds is 15. The van der Waals surface area contributed by atoms with E-state index in [1.165, 1.54) is 23.5 Å². The summed E-state index contributed by atoms with van der Waals surface area (Å²) in [5.74, 6) is 0.619. The molecular weight excluding hydrogens is 520 g/mol. The van der Waals surface area contributed by atoms with Crippen LogP contribution in [0, 0.1) is 5.92 Å². The van der Waals surface area contributed by atoms with Crippen molar-refractivity contribution in [2.75, 3.05) is 20.2 Å². The molecule has 3 atom stereocenters. The first-order chi connectivity index (χ1) is 18.4. The second-order valence-corrected chi connectivity index (χ2v) is 12.6. The van der Waals surface area contributed by atoms with Gasteiger partial charge in [0.1, 0.15) is 17.6 Å². The van der Waals surface area contributed by atoms with E-state index in [4.69, 9.17) is 9.47 Å². The second-order valence-electron chi connectivity index (χ2n) is 10.7. The van der Waals surface area contributed by atoms with Gasteiger partial charge in [-0.3, -0.25) is 0 Å². The summed E-state index contributed by atoms with van der Waals surface area (Å²) >= 11 is 0. The number of aldehydes is 1. The fraction of sp³-hybridized carbons (Fsp3) is 0.517. The number of sulfonamides is 1. The Bertz CT molecular complexity index is 1130. The molecule has 0 aliphatic heterocycles. The minimum Gasteiger partial charge on any atom is -0.497 e. The van der Waals surface area contributed by atoms with Crippen molar-refractivity contribution in [2.24, 2.45) is 5.92 Å². The van der Waals surface area contributed by atoms with Gasteiger partial charge in [0.15, 0.2) is 0 Å². The molecule has 2 aromatic carbocycles. The van der Waals surface area contributed by atoms with Crippen LogP contribution in [0.4, 0.5) is 4.79 Å². The molecule has 2 aromatic rings. The van der Waals surface area contributed by atoms with E-state index < -0.39 is 33.9 Å². The van der Waals surface area contributed by atoms with E-state index in [1.54, 1.807) is 32.9 Å². The Morgan fingerprint density at radius 2 is 1.72 bits per heavy atom. The molecular formula is C29H42N2O7S. The maximum absolute atomic E-state index is 13.7. The van der Waals surface area contributed by atoms with Gasteiger partial charge in [0.2, 0.25) is 10.0 Å². The average molecular weight is 563 g/mol. The van der Waals surface area contributed by atoms with Gasteiger partial charge in [-0.25, -0.2) is 13.2 Å². The van der Waals surface area contributed by atoms with Gasteiger partial charge in [-0.15, -0.1) is 0 Å². The number of ether oxygens (including phenoxy) is 2. The maximum Gasteiger partial charge on any atom is 0.407 e. The predicted molar refractivity (Wildman–Crippen MR) is 150 cm³/mol. The first-order valence-electron chi connectivity index (χ1n) is 13.1. The van der Waals surface area contributed by atoms with E-state index in [-0.39, 0.29) is 30.3 Å². The number of hydrogen-bond acceptors (Lipinski definition) is 7. The third-order valence-corrected chi connectivity index (χ3v) is 8.08. The monoisotopic (exact) mass is 562 g/mol. The second kappa shape index (κ2) is 15.0. The third-order valence-electron chi connectivity index (χ3n) is 6.20. The van der Waals surface area contributed by atoms with Gasteiger partial charge in [0.05, 0.1) is 24.2 Å². The smallest absolute Gasteiger partial charge is 0.407 e. The SMILES string of the molecule is COc1ccc(S(=O)(=O)N(CCC(C)CCC=O)CC(O)C(Cc2ccccc2)NC(=O)OC(C)(C)C)cc1. The van der Waals surface area contributed by atoms with Crippen LogP contribution in [-0.2, 0) is 26.0 Å². The normalized spacial score (nSPS) is 14.3. The molecule has 0 saturated carbocycles. The van der Waals surface area contributed by atoms with E-state index in [1.807, 2.05) is 37.3 Å². The number of amides is 1. The molecule has 39 heavy (non-hydrogen) atoms. The molecule has 2 N–H and O–H groups in total. The highest BCUT2D eigenvalue weighted by Gasteiger charge is 2.32. The molecule has 0 bridgehead atoms. The van der Waals surface area contributed by atoms with Gasteiger partial charge in [-0.1, -0.05) is 37.3 Å². The van der Waals surface area contributed by atoms with Gasteiger partial charge in [-0.2, -0.15) is 4.31 Å². The fourth-order valence-electron chi connectivity index (χ4n) is 4.01. The minimum absolute atomic E-state index is 0.0655. The number of nitrogens with zero attached hydrogens (tertiary/aromatic N) is 1. The Labute approximate surface area is 232 Å². The van der Waals surface area contributed by atoms with Crippen molar-refractivity contribution in [3.05, 3.63) is 60.2 Å². The zero-order valence-corrected chi connectivity index (χ0v) is 24.3. The Hall–Kier alpha value is -2.95. The standard InChI is InChI=1S/C29H42N2O7S/c1-22(10-9-19-32)17-18-31(39(35,36)25-15-13-24(37-5)14-16-25)21-27(33)26(20-23-11-7-6-8-12-23)30-28(34)38-29(2,3)4/h6-8,11-16,19,22,26-27,33H,9-10,17-18,20-21H2,1-5H3,(H,30,34). The van der Waals surface area contributed by atoms with Crippen LogP contribution in [0.5, 0.6) is 5.75 Å². The van der Waals surface area contributed by atoms with Gasteiger partial charge in [0, 0.05) is 19.5 Å². The molecule has 10 heteroatoms. The lowest BCUT2D eigenvalue weighted by atomic mass is 10.0. The molecule has 216 valence electrons. The molecule has 0 heterocycles. The van der Waals surface area contributed by atoms with Gasteiger partial charge >= 0.3 is 6.09 Å². The summed E-state index contributed by atoms with van der Waals surface area (Å²) in [7, 11) is -2.50. The van der Waals surface area contributed by atoms with Crippen LogP contribution in [-0.4, -0.2) is 68.2 Å². The van der Waals surface area contributed by atoms with Crippen LogP contribution >= 0.6 is 0 Å². The molecule has 9 nitrogen and oxygen atoms in total. The number of carbonyl (C=O) groups excluding carboxylic acids is 2. The van der Waals surface area contributed by atoms with Gasteiger partial charge in [0.25, 0.3) is 0 Å². The summed E-state index contributed by atoms with van der Waals surface area (Å²) in [5, 5.41) is 14.1. The fourth-order valence-corrected chi connectivity index (χ4v) is 5.49. The number of carbonyl (C=O) groups is 2. The summed E-state index contributed by atoms with van der Waals surface area (Å²) in [5.41, 5.74) is 0.123. The quantitative estimate of drug-likeness (QED) is 0.312. The third kappa shape index (κ3) is 11.0. The zero-order valence-electron chi connectivity index (χ0n) is 23.5. The van der Waals surface area contributed by atoms with E-state index in [0.29, 0.717) is 25.0 Å². The molecule has 1 amide bonds. The van der Waals surface area contributed by atoms with E-state index in [9.17, 15) is 23.1 Å². The topological polar surface area (TPSA) is 122 Å². The lowest BCUT2D eigenvalue weighted by Gasteiger charge is -2.31. The molecule has 0 radical (unpaired) electrons. The van der Waals surface area contributed by atoms with Crippen LogP contribution in [0.3, 0.4) is 0 Å². The molecule has 2 rings (SSSR count). The summed E-state index contributed by atoms with van der Waals surface area (Å²) in [6.45, 7) is 7.07. The molecule has 0 aliphatic rings. The largest absolute Gasteiger partial charge is 0.497 e. The molecule has 0 aliphatic carbocycles. The van der Waals surface area contributed by atoms with Crippen molar-refractivity contribution in [1.82, 2.24) is 9.62 Å². The summed E-state index contributed by atoms with van der Waals surface area (Å²) in [6, 6.07) is 14.6. The first-order valence-corrected chi connectivity index (χ1v) is 14.6. The van der Waals surface area contributed by atoms with E-state index in [0.717, 1.165) is 11.8 Å². The Balaban J connectivity index is 2.33. The van der Waals surface area contributed by atoms with E-state index >= 15 is 0 Å². The molecule has 0 spiro atoms. The number of hydrogen-bond donors (Lipinski definition) is 2. The summed E-state index contributed by atoms with van der Waals surface area (Å²) in [4.78, 5) is 23.5. The average Bonchev–Trinajstić information content (AvgIpc) is 2.88. The number of alkyl carbamates (subject to hydrolysis) is 1.